The van der Waals surface area contributed by atoms with Gasteiger partial charge in [0, 0.05) is 41.7 Å². The van der Waals surface area contributed by atoms with Gasteiger partial charge in [-0.3, -0.25) is 19.9 Å². The number of imidazole rings is 1. The SMILES string of the molecule is CC(C)C(=O)Nc1cncc(-c2ccc3[nH]nc(-c4nc5c([nH]4)C=C=CC=C5c4ccncc4)c3n2)c1. The van der Waals surface area contributed by atoms with Crippen molar-refractivity contribution in [3.63, 3.8) is 0 Å². The molecule has 0 aliphatic heterocycles. The van der Waals surface area contributed by atoms with E-state index in [-0.39, 0.29) is 11.8 Å². The van der Waals surface area contributed by atoms with Crippen LogP contribution < -0.4 is 5.32 Å². The molecule has 0 saturated heterocycles. The minimum Gasteiger partial charge on any atom is -0.336 e. The quantitative estimate of drug-likeness (QED) is 0.300. The second-order valence-corrected chi connectivity index (χ2v) is 8.91. The molecule has 0 spiro atoms. The fourth-order valence-corrected chi connectivity index (χ4v) is 4.07. The Labute approximate surface area is 212 Å². The summed E-state index contributed by atoms with van der Waals surface area (Å²) in [5.74, 6) is 0.396. The van der Waals surface area contributed by atoms with Gasteiger partial charge in [-0.15, -0.1) is 5.73 Å². The molecule has 0 bridgehead atoms. The molecule has 3 N–H and O–H groups in total. The molecule has 180 valence electrons. The number of H-pyrrole nitrogens is 2. The number of allylic oxidation sites excluding steroid dienone is 2. The molecule has 0 aromatic carbocycles. The number of anilines is 1. The van der Waals surface area contributed by atoms with Gasteiger partial charge in [-0.25, -0.2) is 9.97 Å². The number of hydrogen-bond donors (Lipinski definition) is 3. The number of carbonyl (C=O) groups is 1. The van der Waals surface area contributed by atoms with Crippen LogP contribution in [0.25, 0.3) is 45.5 Å². The second kappa shape index (κ2) is 9.14. The van der Waals surface area contributed by atoms with Crippen LogP contribution in [-0.2, 0) is 4.79 Å². The highest BCUT2D eigenvalue weighted by atomic mass is 16.1. The highest BCUT2D eigenvalue weighted by molar-refractivity contribution is 5.93. The predicted octanol–water partition coefficient (Wildman–Crippen LogP) is 5.01. The van der Waals surface area contributed by atoms with E-state index in [0.29, 0.717) is 28.4 Å². The molecule has 1 aliphatic carbocycles. The third-order valence-electron chi connectivity index (χ3n) is 6.01. The van der Waals surface area contributed by atoms with Gasteiger partial charge in [0.15, 0.2) is 11.5 Å². The van der Waals surface area contributed by atoms with Gasteiger partial charge in [-0.1, -0.05) is 13.8 Å². The lowest BCUT2D eigenvalue weighted by atomic mass is 10.0. The van der Waals surface area contributed by atoms with Crippen LogP contribution in [0.15, 0.2) is 73.0 Å². The second-order valence-electron chi connectivity index (χ2n) is 8.91. The lowest BCUT2D eigenvalue weighted by Gasteiger charge is -2.08. The summed E-state index contributed by atoms with van der Waals surface area (Å²) in [6.07, 6.45) is 12.6. The van der Waals surface area contributed by atoms with E-state index in [9.17, 15) is 4.79 Å². The minimum absolute atomic E-state index is 0.0684. The molecule has 37 heavy (non-hydrogen) atoms. The molecular formula is C28H22N8O. The Kier molecular flexibility index (Phi) is 5.52. The van der Waals surface area contributed by atoms with Gasteiger partial charge in [-0.2, -0.15) is 5.10 Å². The van der Waals surface area contributed by atoms with Crippen molar-refractivity contribution >= 4 is 34.3 Å². The highest BCUT2D eigenvalue weighted by Crippen LogP contribution is 2.32. The highest BCUT2D eigenvalue weighted by Gasteiger charge is 2.20. The number of pyridine rings is 3. The Morgan fingerprint density at radius 3 is 2.70 bits per heavy atom. The summed E-state index contributed by atoms with van der Waals surface area (Å²) in [5.41, 5.74) is 10.9. The number of carbonyl (C=O) groups excluding carboxylic acids is 1. The summed E-state index contributed by atoms with van der Waals surface area (Å²) in [7, 11) is 0. The van der Waals surface area contributed by atoms with Crippen molar-refractivity contribution < 1.29 is 4.79 Å². The Bertz CT molecular complexity index is 1740. The maximum absolute atomic E-state index is 12.1. The van der Waals surface area contributed by atoms with Crippen molar-refractivity contribution in [3.8, 4) is 22.8 Å². The molecule has 0 saturated carbocycles. The van der Waals surface area contributed by atoms with Crippen LogP contribution in [0.5, 0.6) is 0 Å². The minimum atomic E-state index is -0.130. The molecule has 5 heterocycles. The zero-order valence-corrected chi connectivity index (χ0v) is 20.1. The number of aromatic amines is 2. The third kappa shape index (κ3) is 4.24. The normalized spacial score (nSPS) is 12.5. The number of hydrogen-bond acceptors (Lipinski definition) is 6. The van der Waals surface area contributed by atoms with Crippen molar-refractivity contribution in [1.29, 1.82) is 0 Å². The number of nitrogens with one attached hydrogen (secondary N) is 3. The number of nitrogens with zero attached hydrogens (tertiary/aromatic N) is 5. The number of rotatable bonds is 5. The predicted molar refractivity (Wildman–Crippen MR) is 142 cm³/mol. The fourth-order valence-electron chi connectivity index (χ4n) is 4.07. The Balaban J connectivity index is 1.40. The maximum atomic E-state index is 12.1. The summed E-state index contributed by atoms with van der Waals surface area (Å²) in [6, 6.07) is 9.58. The average molecular weight is 487 g/mol. The topological polar surface area (TPSA) is 125 Å². The van der Waals surface area contributed by atoms with Crippen molar-refractivity contribution in [2.75, 3.05) is 5.32 Å². The molecule has 1 aliphatic rings. The van der Waals surface area contributed by atoms with E-state index in [4.69, 9.17) is 9.97 Å². The van der Waals surface area contributed by atoms with E-state index in [0.717, 1.165) is 33.6 Å². The maximum Gasteiger partial charge on any atom is 0.226 e. The van der Waals surface area contributed by atoms with Gasteiger partial charge >= 0.3 is 0 Å². The lowest BCUT2D eigenvalue weighted by Crippen LogP contribution is -2.17. The summed E-state index contributed by atoms with van der Waals surface area (Å²) in [5, 5.41) is 10.5. The third-order valence-corrected chi connectivity index (χ3v) is 6.01. The van der Waals surface area contributed by atoms with Crippen LogP contribution in [0.1, 0.15) is 30.8 Å². The van der Waals surface area contributed by atoms with Crippen molar-refractivity contribution in [1.82, 2.24) is 35.1 Å². The molecule has 0 fully saturated rings. The van der Waals surface area contributed by atoms with Crippen LogP contribution in [-0.4, -0.2) is 41.0 Å². The largest absolute Gasteiger partial charge is 0.336 e. The molecule has 1 amide bonds. The van der Waals surface area contributed by atoms with Crippen molar-refractivity contribution in [2.24, 2.45) is 5.92 Å². The number of aromatic nitrogens is 7. The van der Waals surface area contributed by atoms with Gasteiger partial charge in [0.05, 0.1) is 34.5 Å². The monoisotopic (exact) mass is 486 g/mol. The zero-order chi connectivity index (χ0) is 25.4. The number of amides is 1. The Hall–Kier alpha value is -5.14. The lowest BCUT2D eigenvalue weighted by molar-refractivity contribution is -0.118. The summed E-state index contributed by atoms with van der Waals surface area (Å²) in [4.78, 5) is 33.7. The fraction of sp³-hybridized carbons (Fsp3) is 0.107. The molecule has 9 nitrogen and oxygen atoms in total. The van der Waals surface area contributed by atoms with Gasteiger partial charge in [0.2, 0.25) is 5.91 Å². The Morgan fingerprint density at radius 2 is 1.86 bits per heavy atom. The molecule has 5 aromatic rings. The zero-order valence-electron chi connectivity index (χ0n) is 20.1. The molecular weight excluding hydrogens is 464 g/mol. The molecule has 0 radical (unpaired) electrons. The first-order valence-electron chi connectivity index (χ1n) is 11.8. The standard InChI is InChI=1S/C28H22N8O/c1-16(2)28(37)31-19-13-18(14-30-15-19)21-7-8-23-25(32-21)26(36-35-23)27-33-22-6-4-3-5-20(24(22)34-27)17-9-11-29-12-10-17/h3,5-16H,1-2H3,(H,31,37)(H,33,34)(H,35,36). The molecule has 0 atom stereocenters. The van der Waals surface area contributed by atoms with Crippen molar-refractivity contribution in [3.05, 3.63) is 90.0 Å². The first-order chi connectivity index (χ1) is 18.1. The van der Waals surface area contributed by atoms with Gasteiger partial charge in [0.1, 0.15) is 5.52 Å². The summed E-state index contributed by atoms with van der Waals surface area (Å²) < 4.78 is 0. The first kappa shape index (κ1) is 22.3. The van der Waals surface area contributed by atoms with E-state index < -0.39 is 0 Å². The molecule has 9 heteroatoms. The van der Waals surface area contributed by atoms with Gasteiger partial charge in [0.25, 0.3) is 0 Å². The van der Waals surface area contributed by atoms with Crippen LogP contribution in [0.3, 0.4) is 0 Å². The van der Waals surface area contributed by atoms with Crippen LogP contribution in [0.2, 0.25) is 0 Å². The molecule has 5 aromatic heterocycles. The van der Waals surface area contributed by atoms with E-state index >= 15 is 0 Å². The van der Waals surface area contributed by atoms with Crippen LogP contribution in [0, 0.1) is 5.92 Å². The Morgan fingerprint density at radius 1 is 1.00 bits per heavy atom. The van der Waals surface area contributed by atoms with Gasteiger partial charge in [-0.05, 0) is 48.0 Å². The van der Waals surface area contributed by atoms with Crippen LogP contribution >= 0.6 is 0 Å². The summed E-state index contributed by atoms with van der Waals surface area (Å²) >= 11 is 0. The van der Waals surface area contributed by atoms with E-state index in [1.807, 2.05) is 62.4 Å². The number of fused-ring (bicyclic) bond motifs is 2. The van der Waals surface area contributed by atoms with E-state index in [1.165, 1.54) is 0 Å². The van der Waals surface area contributed by atoms with E-state index in [1.54, 1.807) is 24.8 Å². The van der Waals surface area contributed by atoms with Crippen LogP contribution in [0.4, 0.5) is 5.69 Å². The molecule has 0 unspecified atom stereocenters. The first-order valence-corrected chi connectivity index (χ1v) is 11.8. The van der Waals surface area contributed by atoms with Gasteiger partial charge < -0.3 is 10.3 Å². The average Bonchev–Trinajstić information content (AvgIpc) is 3.48. The molecule has 6 rings (SSSR count). The van der Waals surface area contributed by atoms with E-state index in [2.05, 4.69) is 36.2 Å². The smallest absolute Gasteiger partial charge is 0.226 e. The van der Waals surface area contributed by atoms with Crippen molar-refractivity contribution in [2.45, 2.75) is 13.8 Å². The summed E-state index contributed by atoms with van der Waals surface area (Å²) in [6.45, 7) is 3.69.